The summed E-state index contributed by atoms with van der Waals surface area (Å²) in [7, 11) is 0. The lowest BCUT2D eigenvalue weighted by atomic mass is 10.0. The first-order valence-corrected chi connectivity index (χ1v) is 20.5. The number of ether oxygens (including phenoxy) is 6. The topological polar surface area (TPSA) is 235 Å². The number of anilines is 1. The van der Waals surface area contributed by atoms with E-state index in [1.807, 2.05) is 0 Å². The largest absolute Gasteiger partial charge is 0.458 e. The quantitative estimate of drug-likeness (QED) is 0.0584. The third-order valence-electron chi connectivity index (χ3n) is 9.88. The molecule has 18 heteroatoms. The molecule has 4 rings (SSSR count). The van der Waals surface area contributed by atoms with Crippen LogP contribution in [0.25, 0.3) is 11.6 Å². The number of nitrogens with zero attached hydrogens (tertiary/aromatic N) is 1. The molecule has 18 nitrogen and oxygen atoms in total. The highest BCUT2D eigenvalue weighted by atomic mass is 16.6. The van der Waals surface area contributed by atoms with Crippen LogP contribution in [-0.4, -0.2) is 108 Å². The summed E-state index contributed by atoms with van der Waals surface area (Å²) in [5.41, 5.74) is 4.28. The van der Waals surface area contributed by atoms with Gasteiger partial charge in [0.1, 0.15) is 12.4 Å². The number of rotatable bonds is 21. The summed E-state index contributed by atoms with van der Waals surface area (Å²) in [6.07, 6.45) is -5.08. The van der Waals surface area contributed by atoms with Crippen LogP contribution in [0.3, 0.4) is 0 Å². The number of amides is 2. The third kappa shape index (κ3) is 13.8. The standard InChI is InChI=1S/C45H54N4O14/c1-9-49(10-2)21-20-46-41(53)39-25(3)36(47-26(39)4)23-34-33-22-32(16-17-35(33)48-40(34)52)63-38(51)19-18-37(50)59-28(6)43(55)61-30(8)45(57)62-29(7)44(56)60-27(5)42(54)58-24-31-14-12-11-13-15-31/h11-17,22-23,27-30,47H,9-10,18-21,24H2,1-8H3,(H,46,53)(H,48,52)/b34-23-/t27-,28+,29-,30-/m1/s1. The lowest BCUT2D eigenvalue weighted by Crippen LogP contribution is -2.37. The highest BCUT2D eigenvalue weighted by molar-refractivity contribution is 6.35. The summed E-state index contributed by atoms with van der Waals surface area (Å²) in [6, 6.07) is 13.4. The lowest BCUT2D eigenvalue weighted by molar-refractivity contribution is -0.185. The molecule has 2 heterocycles. The van der Waals surface area contributed by atoms with Crippen molar-refractivity contribution in [2.24, 2.45) is 0 Å². The molecule has 2 aromatic carbocycles. The molecule has 4 atom stereocenters. The maximum absolute atomic E-state index is 13.1. The minimum absolute atomic E-state index is 0.0342. The Hall–Kier alpha value is -6.82. The molecule has 0 saturated heterocycles. The maximum atomic E-state index is 13.1. The Balaban J connectivity index is 1.22. The SMILES string of the molecule is CCN(CC)CCNC(=O)c1c(C)[nH]c(/C=C2\C(=O)Nc3ccc(OC(=O)CCC(=O)O[C@@H](C)C(=O)O[C@H](C)C(=O)O[C@H](C)C(=O)O[C@H](C)C(=O)OCc4ccccc4)cc32)c1C. The average Bonchev–Trinajstić information content (AvgIpc) is 3.72. The Bertz CT molecular complexity index is 2210. The molecule has 1 aromatic heterocycles. The first-order valence-electron chi connectivity index (χ1n) is 20.5. The van der Waals surface area contributed by atoms with E-state index in [2.05, 4.69) is 34.4 Å². The zero-order valence-corrected chi connectivity index (χ0v) is 36.6. The molecule has 2 amide bonds. The van der Waals surface area contributed by atoms with Gasteiger partial charge in [-0.15, -0.1) is 0 Å². The molecule has 0 bridgehead atoms. The number of esters is 6. The Morgan fingerprint density at radius 1 is 0.746 bits per heavy atom. The molecule has 0 unspecified atom stereocenters. The van der Waals surface area contributed by atoms with Crippen molar-refractivity contribution < 1.29 is 66.8 Å². The minimum atomic E-state index is -1.53. The molecule has 3 N–H and O–H groups in total. The minimum Gasteiger partial charge on any atom is -0.458 e. The molecular weight excluding hydrogens is 821 g/mol. The molecule has 0 radical (unpaired) electrons. The van der Waals surface area contributed by atoms with Gasteiger partial charge in [0.2, 0.25) is 0 Å². The monoisotopic (exact) mass is 874 g/mol. The molecule has 1 aliphatic heterocycles. The smallest absolute Gasteiger partial charge is 0.347 e. The number of nitrogens with one attached hydrogen (secondary N) is 3. The fourth-order valence-corrected chi connectivity index (χ4v) is 6.22. The van der Waals surface area contributed by atoms with Crippen molar-refractivity contribution in [1.82, 2.24) is 15.2 Å². The second-order valence-corrected chi connectivity index (χ2v) is 14.6. The fraction of sp³-hybridized carbons (Fsp3) is 0.422. The van der Waals surface area contributed by atoms with Gasteiger partial charge in [0.15, 0.2) is 24.4 Å². The average molecular weight is 875 g/mol. The normalized spacial score (nSPS) is 14.4. The molecule has 63 heavy (non-hydrogen) atoms. The van der Waals surface area contributed by atoms with Gasteiger partial charge < -0.3 is 48.9 Å². The van der Waals surface area contributed by atoms with Crippen LogP contribution in [0.2, 0.25) is 0 Å². The van der Waals surface area contributed by atoms with Crippen LogP contribution in [-0.2, 0) is 63.9 Å². The molecule has 3 aromatic rings. The van der Waals surface area contributed by atoms with Gasteiger partial charge in [-0.05, 0) is 90.0 Å². The number of carbonyl (C=O) groups is 8. The maximum Gasteiger partial charge on any atom is 0.347 e. The van der Waals surface area contributed by atoms with E-state index in [4.69, 9.17) is 28.4 Å². The van der Waals surface area contributed by atoms with Crippen molar-refractivity contribution in [1.29, 1.82) is 0 Å². The van der Waals surface area contributed by atoms with Crippen LogP contribution < -0.4 is 15.4 Å². The van der Waals surface area contributed by atoms with Gasteiger partial charge in [-0.3, -0.25) is 19.2 Å². The van der Waals surface area contributed by atoms with Crippen molar-refractivity contribution in [3.05, 3.63) is 82.2 Å². The van der Waals surface area contributed by atoms with E-state index in [0.717, 1.165) is 18.7 Å². The van der Waals surface area contributed by atoms with Gasteiger partial charge in [-0.25, -0.2) is 19.2 Å². The Morgan fingerprint density at radius 2 is 1.32 bits per heavy atom. The lowest BCUT2D eigenvalue weighted by Gasteiger charge is -2.19. The van der Waals surface area contributed by atoms with Crippen LogP contribution in [0.15, 0.2) is 48.5 Å². The second kappa shape index (κ2) is 22.9. The van der Waals surface area contributed by atoms with Crippen molar-refractivity contribution in [3.63, 3.8) is 0 Å². The van der Waals surface area contributed by atoms with Gasteiger partial charge in [0.25, 0.3) is 11.8 Å². The Kier molecular flexibility index (Phi) is 17.7. The van der Waals surface area contributed by atoms with Crippen molar-refractivity contribution >= 4 is 65.0 Å². The number of fused-ring (bicyclic) bond motifs is 1. The molecule has 0 spiro atoms. The number of hydrogen-bond acceptors (Lipinski definition) is 15. The number of aromatic nitrogens is 1. The number of aryl methyl sites for hydroxylation is 1. The molecule has 1 aliphatic rings. The van der Waals surface area contributed by atoms with Crippen molar-refractivity contribution in [2.45, 2.75) is 99.3 Å². The van der Waals surface area contributed by atoms with Gasteiger partial charge in [-0.1, -0.05) is 44.2 Å². The highest BCUT2D eigenvalue weighted by Crippen LogP contribution is 2.36. The first kappa shape index (κ1) is 48.8. The van der Waals surface area contributed by atoms with E-state index in [1.54, 1.807) is 56.3 Å². The summed E-state index contributed by atoms with van der Waals surface area (Å²) < 4.78 is 30.7. The number of carbonyl (C=O) groups excluding carboxylic acids is 8. The predicted molar refractivity (Wildman–Crippen MR) is 227 cm³/mol. The van der Waals surface area contributed by atoms with Crippen LogP contribution >= 0.6 is 0 Å². The molecular formula is C45H54N4O14. The van der Waals surface area contributed by atoms with Crippen LogP contribution in [0, 0.1) is 13.8 Å². The summed E-state index contributed by atoms with van der Waals surface area (Å²) in [6.45, 7) is 15.5. The number of hydrogen-bond donors (Lipinski definition) is 3. The molecule has 0 fully saturated rings. The van der Waals surface area contributed by atoms with Gasteiger partial charge >= 0.3 is 35.8 Å². The van der Waals surface area contributed by atoms with Crippen LogP contribution in [0.5, 0.6) is 5.75 Å². The first-order chi connectivity index (χ1) is 29.9. The van der Waals surface area contributed by atoms with Crippen LogP contribution in [0.4, 0.5) is 5.69 Å². The van der Waals surface area contributed by atoms with E-state index in [0.29, 0.717) is 46.9 Å². The molecule has 0 aliphatic carbocycles. The van der Waals surface area contributed by atoms with Crippen molar-refractivity contribution in [2.75, 3.05) is 31.5 Å². The number of H-pyrrole nitrogens is 1. The predicted octanol–water partition coefficient (Wildman–Crippen LogP) is 4.35. The van der Waals surface area contributed by atoms with E-state index >= 15 is 0 Å². The van der Waals surface area contributed by atoms with Crippen LogP contribution in [0.1, 0.15) is 92.8 Å². The van der Waals surface area contributed by atoms with E-state index in [9.17, 15) is 38.4 Å². The zero-order valence-electron chi connectivity index (χ0n) is 36.6. The summed E-state index contributed by atoms with van der Waals surface area (Å²) in [5.74, 6) is -6.37. The fourth-order valence-electron chi connectivity index (χ4n) is 6.22. The van der Waals surface area contributed by atoms with E-state index in [-0.39, 0.29) is 23.8 Å². The Morgan fingerprint density at radius 3 is 1.92 bits per heavy atom. The molecule has 0 saturated carbocycles. The Labute approximate surface area is 364 Å². The summed E-state index contributed by atoms with van der Waals surface area (Å²) in [5, 5.41) is 5.74. The molecule has 338 valence electrons. The number of likely N-dealkylation sites (N-methyl/N-ethyl adjacent to an activating group) is 1. The highest BCUT2D eigenvalue weighted by Gasteiger charge is 2.31. The summed E-state index contributed by atoms with van der Waals surface area (Å²) >= 11 is 0. The zero-order chi connectivity index (χ0) is 46.4. The van der Waals surface area contributed by atoms with Gasteiger partial charge in [-0.2, -0.15) is 0 Å². The third-order valence-corrected chi connectivity index (χ3v) is 9.88. The second-order valence-electron chi connectivity index (χ2n) is 14.6. The van der Waals surface area contributed by atoms with E-state index < -0.39 is 79.0 Å². The number of benzene rings is 2. The van der Waals surface area contributed by atoms with Gasteiger partial charge in [0.05, 0.1) is 24.0 Å². The van der Waals surface area contributed by atoms with E-state index in [1.165, 1.54) is 39.8 Å². The van der Waals surface area contributed by atoms with Gasteiger partial charge in [0, 0.05) is 35.7 Å². The summed E-state index contributed by atoms with van der Waals surface area (Å²) in [4.78, 5) is 107. The van der Waals surface area contributed by atoms with Crippen molar-refractivity contribution in [3.8, 4) is 5.75 Å². The number of aromatic amines is 1.